The van der Waals surface area contributed by atoms with Gasteiger partial charge in [-0.25, -0.2) is 0 Å². The highest BCUT2D eigenvalue weighted by atomic mass is 35.5. The lowest BCUT2D eigenvalue weighted by molar-refractivity contribution is -0.121. The van der Waals surface area contributed by atoms with Gasteiger partial charge in [-0.3, -0.25) is 9.48 Å². The molecule has 1 heterocycles. The molecule has 0 saturated carbocycles. The molecule has 0 aliphatic rings. The van der Waals surface area contributed by atoms with Crippen molar-refractivity contribution in [3.8, 4) is 0 Å². The maximum atomic E-state index is 11.8. The van der Waals surface area contributed by atoms with Gasteiger partial charge in [0.1, 0.15) is 5.78 Å². The third-order valence-electron chi connectivity index (χ3n) is 2.77. The molecule has 0 bridgehead atoms. The van der Waals surface area contributed by atoms with Crippen LogP contribution in [0.3, 0.4) is 0 Å². The lowest BCUT2D eigenvalue weighted by Crippen LogP contribution is -2.15. The zero-order valence-electron chi connectivity index (χ0n) is 9.67. The number of carbonyl (C=O) groups is 1. The number of Topliss-reactive ketones (excluding diaryl/α,β-unsaturated/α-hetero) is 1. The Morgan fingerprint density at radius 1 is 1.60 bits per heavy atom. The van der Waals surface area contributed by atoms with Gasteiger partial charge < -0.3 is 0 Å². The van der Waals surface area contributed by atoms with Crippen LogP contribution in [0.4, 0.5) is 0 Å². The van der Waals surface area contributed by atoms with Crippen molar-refractivity contribution >= 4 is 17.4 Å². The molecular formula is C11H17ClN2O. The molecule has 1 rings (SSSR count). The summed E-state index contributed by atoms with van der Waals surface area (Å²) in [5, 5.41) is 4.80. The van der Waals surface area contributed by atoms with E-state index >= 15 is 0 Å². The second kappa shape index (κ2) is 4.79. The van der Waals surface area contributed by atoms with Crippen molar-refractivity contribution in [3.63, 3.8) is 0 Å². The Bertz CT molecular complexity index is 371. The highest BCUT2D eigenvalue weighted by molar-refractivity contribution is 6.32. The van der Waals surface area contributed by atoms with E-state index in [0.717, 1.165) is 17.8 Å². The van der Waals surface area contributed by atoms with E-state index in [2.05, 4.69) is 5.10 Å². The van der Waals surface area contributed by atoms with Crippen LogP contribution in [0.5, 0.6) is 0 Å². The van der Waals surface area contributed by atoms with Crippen LogP contribution in [-0.4, -0.2) is 15.6 Å². The van der Waals surface area contributed by atoms with E-state index in [1.165, 1.54) is 0 Å². The summed E-state index contributed by atoms with van der Waals surface area (Å²) in [4.78, 5) is 11.8. The van der Waals surface area contributed by atoms with E-state index in [4.69, 9.17) is 11.6 Å². The Morgan fingerprint density at radius 3 is 2.60 bits per heavy atom. The summed E-state index contributed by atoms with van der Waals surface area (Å²) in [6.07, 6.45) is 1.25. The summed E-state index contributed by atoms with van der Waals surface area (Å²) >= 11 is 6.07. The second-order valence-corrected chi connectivity index (χ2v) is 4.30. The quantitative estimate of drug-likeness (QED) is 0.794. The van der Waals surface area contributed by atoms with Gasteiger partial charge in [0, 0.05) is 13.0 Å². The molecule has 1 unspecified atom stereocenters. The number of halogens is 1. The summed E-state index contributed by atoms with van der Waals surface area (Å²) in [6, 6.07) is 0. The molecule has 0 aromatic carbocycles. The first kappa shape index (κ1) is 12.2. The van der Waals surface area contributed by atoms with Gasteiger partial charge in [-0.05, 0) is 13.3 Å². The molecule has 1 aromatic rings. The van der Waals surface area contributed by atoms with Crippen molar-refractivity contribution in [2.45, 2.75) is 33.6 Å². The smallest absolute Gasteiger partial charge is 0.141 e. The van der Waals surface area contributed by atoms with Crippen LogP contribution < -0.4 is 0 Å². The molecule has 0 radical (unpaired) electrons. The van der Waals surface area contributed by atoms with E-state index in [-0.39, 0.29) is 11.7 Å². The Hall–Kier alpha value is -0.830. The Balaban J connectivity index is 2.85. The van der Waals surface area contributed by atoms with Crippen molar-refractivity contribution < 1.29 is 4.79 Å². The number of nitrogens with zero attached hydrogens (tertiary/aromatic N) is 2. The van der Waals surface area contributed by atoms with Crippen molar-refractivity contribution in [1.82, 2.24) is 9.78 Å². The maximum absolute atomic E-state index is 11.8. The fourth-order valence-corrected chi connectivity index (χ4v) is 1.67. The van der Waals surface area contributed by atoms with Gasteiger partial charge >= 0.3 is 0 Å². The lowest BCUT2D eigenvalue weighted by atomic mass is 10.00. The number of hydrogen-bond donors (Lipinski definition) is 0. The molecule has 0 N–H and O–H groups in total. The topological polar surface area (TPSA) is 34.9 Å². The zero-order chi connectivity index (χ0) is 11.6. The molecule has 0 fully saturated rings. The average Bonchev–Trinajstić information content (AvgIpc) is 2.43. The molecule has 0 spiro atoms. The first-order valence-electron chi connectivity index (χ1n) is 5.18. The fraction of sp³-hybridized carbons (Fsp3) is 0.636. The molecule has 4 heteroatoms. The summed E-state index contributed by atoms with van der Waals surface area (Å²) in [7, 11) is 1.82. The SMILES string of the molecule is CCC(C)C(=O)Cc1c(Cl)c(C)nn1C. The maximum Gasteiger partial charge on any atom is 0.141 e. The molecule has 1 aromatic heterocycles. The molecular weight excluding hydrogens is 212 g/mol. The first-order valence-corrected chi connectivity index (χ1v) is 5.55. The monoisotopic (exact) mass is 228 g/mol. The van der Waals surface area contributed by atoms with E-state index < -0.39 is 0 Å². The van der Waals surface area contributed by atoms with Gasteiger partial charge in [-0.15, -0.1) is 0 Å². The molecule has 0 saturated heterocycles. The predicted molar refractivity (Wildman–Crippen MR) is 61.1 cm³/mol. The van der Waals surface area contributed by atoms with E-state index in [0.29, 0.717) is 11.4 Å². The van der Waals surface area contributed by atoms with Crippen molar-refractivity contribution in [2.75, 3.05) is 0 Å². The van der Waals surface area contributed by atoms with Gasteiger partial charge in [0.25, 0.3) is 0 Å². The van der Waals surface area contributed by atoms with Gasteiger partial charge in [0.05, 0.1) is 22.8 Å². The Morgan fingerprint density at radius 2 is 2.20 bits per heavy atom. The highest BCUT2D eigenvalue weighted by Gasteiger charge is 2.17. The summed E-state index contributed by atoms with van der Waals surface area (Å²) in [6.45, 7) is 5.80. The number of carbonyl (C=O) groups excluding carboxylic acids is 1. The average molecular weight is 229 g/mol. The Labute approximate surface area is 95.4 Å². The van der Waals surface area contributed by atoms with Crippen LogP contribution >= 0.6 is 11.6 Å². The number of ketones is 1. The van der Waals surface area contributed by atoms with Crippen LogP contribution in [0.15, 0.2) is 0 Å². The van der Waals surface area contributed by atoms with Crippen LogP contribution in [0.2, 0.25) is 5.02 Å². The van der Waals surface area contributed by atoms with Crippen molar-refractivity contribution in [3.05, 3.63) is 16.4 Å². The molecule has 3 nitrogen and oxygen atoms in total. The normalized spacial score (nSPS) is 12.9. The van der Waals surface area contributed by atoms with Crippen molar-refractivity contribution in [2.24, 2.45) is 13.0 Å². The molecule has 1 atom stereocenters. The molecule has 84 valence electrons. The predicted octanol–water partition coefficient (Wildman–Crippen LogP) is 2.54. The van der Waals surface area contributed by atoms with Crippen LogP contribution in [-0.2, 0) is 18.3 Å². The minimum Gasteiger partial charge on any atom is -0.299 e. The third kappa shape index (κ3) is 2.59. The van der Waals surface area contributed by atoms with Gasteiger partial charge in [0.15, 0.2) is 0 Å². The van der Waals surface area contributed by atoms with E-state index in [9.17, 15) is 4.79 Å². The molecule has 0 aliphatic carbocycles. The van der Waals surface area contributed by atoms with Crippen LogP contribution in [0.25, 0.3) is 0 Å². The second-order valence-electron chi connectivity index (χ2n) is 3.92. The van der Waals surface area contributed by atoms with Gasteiger partial charge in [0.2, 0.25) is 0 Å². The fourth-order valence-electron chi connectivity index (χ4n) is 1.44. The Kier molecular flexibility index (Phi) is 3.91. The van der Waals surface area contributed by atoms with E-state index in [1.807, 2.05) is 27.8 Å². The first-order chi connectivity index (χ1) is 6.97. The largest absolute Gasteiger partial charge is 0.299 e. The molecule has 15 heavy (non-hydrogen) atoms. The summed E-state index contributed by atoms with van der Waals surface area (Å²) < 4.78 is 1.69. The minimum absolute atomic E-state index is 0.0938. The zero-order valence-corrected chi connectivity index (χ0v) is 10.4. The van der Waals surface area contributed by atoms with Crippen LogP contribution in [0, 0.1) is 12.8 Å². The van der Waals surface area contributed by atoms with Gasteiger partial charge in [-0.1, -0.05) is 25.4 Å². The van der Waals surface area contributed by atoms with Crippen LogP contribution in [0.1, 0.15) is 31.7 Å². The lowest BCUT2D eigenvalue weighted by Gasteiger charge is -2.07. The van der Waals surface area contributed by atoms with E-state index in [1.54, 1.807) is 4.68 Å². The van der Waals surface area contributed by atoms with Crippen molar-refractivity contribution in [1.29, 1.82) is 0 Å². The number of aromatic nitrogens is 2. The number of rotatable bonds is 4. The number of aryl methyl sites for hydroxylation is 2. The minimum atomic E-state index is 0.0938. The molecule has 0 amide bonds. The standard InChI is InChI=1S/C11H17ClN2O/c1-5-7(2)10(15)6-9-11(12)8(3)13-14(9)4/h7H,5-6H2,1-4H3. The van der Waals surface area contributed by atoms with Gasteiger partial charge in [-0.2, -0.15) is 5.10 Å². The third-order valence-corrected chi connectivity index (χ3v) is 3.26. The summed E-state index contributed by atoms with van der Waals surface area (Å²) in [5.74, 6) is 0.318. The summed E-state index contributed by atoms with van der Waals surface area (Å²) in [5.41, 5.74) is 1.60. The molecule has 0 aliphatic heterocycles. The highest BCUT2D eigenvalue weighted by Crippen LogP contribution is 2.21. The number of hydrogen-bond acceptors (Lipinski definition) is 2.